The first kappa shape index (κ1) is 15.2. The summed E-state index contributed by atoms with van der Waals surface area (Å²) in [5, 5.41) is 6.11. The summed E-state index contributed by atoms with van der Waals surface area (Å²) >= 11 is 1.22. The van der Waals surface area contributed by atoms with Crippen LogP contribution >= 0.6 is 11.3 Å². The number of aromatic nitrogens is 2. The summed E-state index contributed by atoms with van der Waals surface area (Å²) in [6.07, 6.45) is 0.635. The second-order valence-corrected chi connectivity index (χ2v) is 7.82. The molecule has 1 atom stereocenters. The zero-order chi connectivity index (χ0) is 14.9. The van der Waals surface area contributed by atoms with Gasteiger partial charge in [-0.25, -0.2) is 13.1 Å². The van der Waals surface area contributed by atoms with Crippen LogP contribution < -0.4 is 4.72 Å². The van der Waals surface area contributed by atoms with Gasteiger partial charge >= 0.3 is 0 Å². The van der Waals surface area contributed by atoms with Gasteiger partial charge in [0.1, 0.15) is 4.21 Å². The monoisotopic (exact) mass is 313 g/mol. The lowest BCUT2D eigenvalue weighted by molar-refractivity contribution is 0.561. The Hall–Kier alpha value is -1.18. The van der Waals surface area contributed by atoms with Crippen molar-refractivity contribution < 1.29 is 8.42 Å². The Morgan fingerprint density at radius 3 is 2.65 bits per heavy atom. The first-order chi connectivity index (χ1) is 9.31. The Bertz CT molecular complexity index is 688. The molecule has 0 aliphatic rings. The minimum absolute atomic E-state index is 0.177. The summed E-state index contributed by atoms with van der Waals surface area (Å²) in [5.41, 5.74) is 3.13. The predicted molar refractivity (Wildman–Crippen MR) is 80.5 cm³/mol. The minimum Gasteiger partial charge on any atom is -0.272 e. The molecule has 1 unspecified atom stereocenters. The maximum atomic E-state index is 12.1. The fourth-order valence-electron chi connectivity index (χ4n) is 2.20. The minimum atomic E-state index is -3.41. The van der Waals surface area contributed by atoms with Crippen molar-refractivity contribution in [3.63, 3.8) is 0 Å². The third-order valence-electron chi connectivity index (χ3n) is 3.29. The summed E-state index contributed by atoms with van der Waals surface area (Å²) in [6, 6.07) is 3.17. The van der Waals surface area contributed by atoms with Crippen LogP contribution in [-0.2, 0) is 23.5 Å². The third kappa shape index (κ3) is 3.11. The maximum Gasteiger partial charge on any atom is 0.250 e. The van der Waals surface area contributed by atoms with Crippen LogP contribution in [0.3, 0.4) is 0 Å². The van der Waals surface area contributed by atoms with Crippen LogP contribution in [0, 0.1) is 13.8 Å². The maximum absolute atomic E-state index is 12.1. The summed E-state index contributed by atoms with van der Waals surface area (Å²) in [5.74, 6) is 0. The van der Waals surface area contributed by atoms with E-state index in [-0.39, 0.29) is 6.04 Å². The number of nitrogens with one attached hydrogen (secondary N) is 1. The molecule has 2 aromatic rings. The quantitative estimate of drug-likeness (QED) is 0.918. The van der Waals surface area contributed by atoms with E-state index in [9.17, 15) is 8.42 Å². The number of thiophene rings is 1. The lowest BCUT2D eigenvalue weighted by atomic mass is 10.1. The van der Waals surface area contributed by atoms with E-state index in [1.807, 2.05) is 32.5 Å². The van der Waals surface area contributed by atoms with Crippen molar-refractivity contribution in [2.24, 2.45) is 7.05 Å². The average molecular weight is 313 g/mol. The predicted octanol–water partition coefficient (Wildman–Crippen LogP) is 2.01. The Morgan fingerprint density at radius 1 is 1.45 bits per heavy atom. The zero-order valence-electron chi connectivity index (χ0n) is 12.0. The normalized spacial score (nSPS) is 13.6. The molecule has 0 aliphatic carbocycles. The SMILES string of the molecule is Cc1nn(C)c(C)c1CC(C)NS(=O)(=O)c1cccs1. The van der Waals surface area contributed by atoms with Crippen LogP contribution in [-0.4, -0.2) is 24.2 Å². The molecule has 1 N–H and O–H groups in total. The van der Waals surface area contributed by atoms with Gasteiger partial charge in [0.05, 0.1) is 5.69 Å². The fraction of sp³-hybridized carbons (Fsp3) is 0.462. The van der Waals surface area contributed by atoms with Gasteiger partial charge in [0.2, 0.25) is 10.0 Å². The molecule has 20 heavy (non-hydrogen) atoms. The van der Waals surface area contributed by atoms with Crippen molar-refractivity contribution in [2.45, 2.75) is 37.4 Å². The van der Waals surface area contributed by atoms with Crippen molar-refractivity contribution in [1.29, 1.82) is 0 Å². The van der Waals surface area contributed by atoms with Gasteiger partial charge in [-0.05, 0) is 44.2 Å². The van der Waals surface area contributed by atoms with Crippen LogP contribution in [0.2, 0.25) is 0 Å². The highest BCUT2D eigenvalue weighted by Gasteiger charge is 2.20. The number of hydrogen-bond acceptors (Lipinski definition) is 4. The molecule has 5 nitrogen and oxygen atoms in total. The van der Waals surface area contributed by atoms with Crippen molar-refractivity contribution in [1.82, 2.24) is 14.5 Å². The number of aryl methyl sites for hydroxylation is 2. The van der Waals surface area contributed by atoms with Gasteiger partial charge in [-0.3, -0.25) is 4.68 Å². The first-order valence-corrected chi connectivity index (χ1v) is 8.72. The Balaban J connectivity index is 2.12. The molecule has 0 bridgehead atoms. The van der Waals surface area contributed by atoms with E-state index >= 15 is 0 Å². The molecule has 0 saturated carbocycles. The molecule has 2 heterocycles. The zero-order valence-corrected chi connectivity index (χ0v) is 13.7. The van der Waals surface area contributed by atoms with Crippen LogP contribution in [0.5, 0.6) is 0 Å². The summed E-state index contributed by atoms with van der Waals surface area (Å²) < 4.78 is 29.2. The van der Waals surface area contributed by atoms with Gasteiger partial charge < -0.3 is 0 Å². The van der Waals surface area contributed by atoms with E-state index in [4.69, 9.17) is 0 Å². The molecule has 2 rings (SSSR count). The van der Waals surface area contributed by atoms with Gasteiger partial charge in [0, 0.05) is 18.8 Å². The molecule has 0 aliphatic heterocycles. The largest absolute Gasteiger partial charge is 0.272 e. The number of sulfonamides is 1. The molecule has 0 spiro atoms. The molecular weight excluding hydrogens is 294 g/mol. The molecule has 0 aromatic carbocycles. The second kappa shape index (κ2) is 5.67. The molecule has 110 valence electrons. The first-order valence-electron chi connectivity index (χ1n) is 6.36. The summed E-state index contributed by atoms with van der Waals surface area (Å²) in [6.45, 7) is 5.82. The molecule has 0 saturated heterocycles. The van der Waals surface area contributed by atoms with E-state index < -0.39 is 10.0 Å². The van der Waals surface area contributed by atoms with E-state index in [1.165, 1.54) is 11.3 Å². The Labute approximate surface area is 123 Å². The highest BCUT2D eigenvalue weighted by atomic mass is 32.2. The van der Waals surface area contributed by atoms with E-state index in [1.54, 1.807) is 17.5 Å². The Kier molecular flexibility index (Phi) is 4.31. The van der Waals surface area contributed by atoms with Gasteiger partial charge in [-0.15, -0.1) is 11.3 Å². The van der Waals surface area contributed by atoms with Gasteiger partial charge in [0.25, 0.3) is 0 Å². The molecule has 7 heteroatoms. The molecule has 2 aromatic heterocycles. The van der Waals surface area contributed by atoms with E-state index in [0.717, 1.165) is 17.0 Å². The van der Waals surface area contributed by atoms with Gasteiger partial charge in [-0.1, -0.05) is 6.07 Å². The van der Waals surface area contributed by atoms with Crippen molar-refractivity contribution in [3.8, 4) is 0 Å². The molecular formula is C13H19N3O2S2. The van der Waals surface area contributed by atoms with Crippen LogP contribution in [0.4, 0.5) is 0 Å². The summed E-state index contributed by atoms with van der Waals surface area (Å²) in [4.78, 5) is 0. The highest BCUT2D eigenvalue weighted by Crippen LogP contribution is 2.18. The second-order valence-electron chi connectivity index (χ2n) is 4.93. The lowest BCUT2D eigenvalue weighted by Gasteiger charge is -2.13. The van der Waals surface area contributed by atoms with Gasteiger partial charge in [0.15, 0.2) is 0 Å². The number of rotatable bonds is 5. The van der Waals surface area contributed by atoms with Crippen molar-refractivity contribution >= 4 is 21.4 Å². The number of hydrogen-bond donors (Lipinski definition) is 1. The summed E-state index contributed by atoms with van der Waals surface area (Å²) in [7, 11) is -1.52. The Morgan fingerprint density at radius 2 is 2.15 bits per heavy atom. The topological polar surface area (TPSA) is 64.0 Å². The standard InChI is InChI=1S/C13H19N3O2S2/c1-9(8-12-10(2)14-16(4)11(12)3)15-20(17,18)13-6-5-7-19-13/h5-7,9,15H,8H2,1-4H3. The third-order valence-corrected chi connectivity index (χ3v) is 6.27. The van der Waals surface area contributed by atoms with Crippen molar-refractivity contribution in [3.05, 3.63) is 34.5 Å². The number of nitrogens with zero attached hydrogens (tertiary/aromatic N) is 2. The average Bonchev–Trinajstić information content (AvgIpc) is 2.94. The highest BCUT2D eigenvalue weighted by molar-refractivity contribution is 7.91. The van der Waals surface area contributed by atoms with E-state index in [0.29, 0.717) is 10.6 Å². The van der Waals surface area contributed by atoms with Crippen LogP contribution in [0.25, 0.3) is 0 Å². The van der Waals surface area contributed by atoms with Crippen LogP contribution in [0.1, 0.15) is 23.9 Å². The molecule has 0 radical (unpaired) electrons. The van der Waals surface area contributed by atoms with Crippen molar-refractivity contribution in [2.75, 3.05) is 0 Å². The smallest absolute Gasteiger partial charge is 0.250 e. The lowest BCUT2D eigenvalue weighted by Crippen LogP contribution is -2.33. The van der Waals surface area contributed by atoms with Crippen LogP contribution in [0.15, 0.2) is 21.7 Å². The fourth-order valence-corrected chi connectivity index (χ4v) is 4.45. The van der Waals surface area contributed by atoms with E-state index in [2.05, 4.69) is 9.82 Å². The molecule has 0 amide bonds. The molecule has 0 fully saturated rings. The van der Waals surface area contributed by atoms with Gasteiger partial charge in [-0.2, -0.15) is 5.10 Å².